The van der Waals surface area contributed by atoms with Crippen LogP contribution in [0.25, 0.3) is 0 Å². The van der Waals surface area contributed by atoms with Gasteiger partial charge in [0.1, 0.15) is 9.84 Å². The number of aromatic nitrogens is 1. The maximum absolute atomic E-state index is 12.8. The van der Waals surface area contributed by atoms with Crippen molar-refractivity contribution in [1.29, 1.82) is 0 Å². The van der Waals surface area contributed by atoms with Gasteiger partial charge in [-0.25, -0.2) is 13.4 Å². The van der Waals surface area contributed by atoms with Gasteiger partial charge in [0, 0.05) is 37.7 Å². The van der Waals surface area contributed by atoms with E-state index in [0.717, 1.165) is 12.3 Å². The summed E-state index contributed by atoms with van der Waals surface area (Å²) in [7, 11) is -1.66. The van der Waals surface area contributed by atoms with E-state index in [0.29, 0.717) is 0 Å². The molecule has 0 aliphatic carbocycles. The fourth-order valence-electron chi connectivity index (χ4n) is 1.16. The van der Waals surface area contributed by atoms with Crippen LogP contribution in [0.4, 0.5) is 4.39 Å². The Morgan fingerprint density at radius 1 is 1.53 bits per heavy atom. The van der Waals surface area contributed by atoms with Crippen LogP contribution in [0.15, 0.2) is 18.3 Å². The second-order valence-electron chi connectivity index (χ2n) is 3.72. The van der Waals surface area contributed by atoms with Crippen molar-refractivity contribution >= 4 is 15.7 Å². The Balaban J connectivity index is 2.70. The molecule has 0 radical (unpaired) electrons. The van der Waals surface area contributed by atoms with E-state index in [1.807, 2.05) is 0 Å². The normalized spacial score (nSPS) is 11.2. The average Bonchev–Trinajstić information content (AvgIpc) is 2.24. The Morgan fingerprint density at radius 3 is 2.71 bits per heavy atom. The van der Waals surface area contributed by atoms with Crippen molar-refractivity contribution in [3.05, 3.63) is 29.8 Å². The highest BCUT2D eigenvalue weighted by Crippen LogP contribution is 2.04. The van der Waals surface area contributed by atoms with Gasteiger partial charge in [-0.1, -0.05) is 0 Å². The quantitative estimate of drug-likeness (QED) is 0.732. The van der Waals surface area contributed by atoms with E-state index < -0.39 is 21.7 Å². The summed E-state index contributed by atoms with van der Waals surface area (Å²) in [5, 5.41) is 0. The van der Waals surface area contributed by atoms with Gasteiger partial charge in [-0.05, 0) is 6.07 Å². The van der Waals surface area contributed by atoms with Gasteiger partial charge in [-0.2, -0.15) is 4.39 Å². The molecule has 17 heavy (non-hydrogen) atoms. The van der Waals surface area contributed by atoms with Crippen LogP contribution in [0.2, 0.25) is 0 Å². The molecule has 0 saturated carbocycles. The molecule has 0 unspecified atom stereocenters. The second kappa shape index (κ2) is 5.22. The van der Waals surface area contributed by atoms with Gasteiger partial charge in [-0.15, -0.1) is 0 Å². The van der Waals surface area contributed by atoms with Crippen LogP contribution in [0.3, 0.4) is 0 Å². The first-order chi connectivity index (χ1) is 7.79. The van der Waals surface area contributed by atoms with E-state index in [2.05, 4.69) is 4.98 Å². The first-order valence-electron chi connectivity index (χ1n) is 4.84. The molecule has 0 aliphatic heterocycles. The lowest BCUT2D eigenvalue weighted by Gasteiger charge is -2.16. The Kier molecular flexibility index (Phi) is 4.17. The summed E-state index contributed by atoms with van der Waals surface area (Å²) in [6.45, 7) is 0.0710. The molecule has 0 N–H and O–H groups in total. The number of rotatable bonds is 4. The first-order valence-corrected chi connectivity index (χ1v) is 6.90. The summed E-state index contributed by atoms with van der Waals surface area (Å²) in [6, 6.07) is 2.39. The summed E-state index contributed by atoms with van der Waals surface area (Å²) < 4.78 is 34.7. The Bertz CT molecular complexity index is 516. The summed E-state index contributed by atoms with van der Waals surface area (Å²) in [4.78, 5) is 16.3. The fourth-order valence-corrected chi connectivity index (χ4v) is 1.77. The molecule has 0 atom stereocenters. The Hall–Kier alpha value is -1.50. The van der Waals surface area contributed by atoms with E-state index in [4.69, 9.17) is 0 Å². The molecular formula is C10H13FN2O3S. The SMILES string of the molecule is CN(CCS(C)(=O)=O)C(=O)c1ccnc(F)c1. The largest absolute Gasteiger partial charge is 0.341 e. The van der Waals surface area contributed by atoms with Crippen molar-refractivity contribution in [2.45, 2.75) is 0 Å². The molecule has 1 aromatic rings. The summed E-state index contributed by atoms with van der Waals surface area (Å²) >= 11 is 0. The third kappa shape index (κ3) is 4.48. The van der Waals surface area contributed by atoms with E-state index in [9.17, 15) is 17.6 Å². The molecule has 5 nitrogen and oxygen atoms in total. The Morgan fingerprint density at radius 2 is 2.18 bits per heavy atom. The van der Waals surface area contributed by atoms with Crippen LogP contribution < -0.4 is 0 Å². The molecule has 1 amide bonds. The number of halogens is 1. The molecular weight excluding hydrogens is 247 g/mol. The van der Waals surface area contributed by atoms with Crippen LogP contribution in [0, 0.1) is 5.95 Å². The molecule has 7 heteroatoms. The van der Waals surface area contributed by atoms with Crippen molar-refractivity contribution in [3.8, 4) is 0 Å². The Labute approximate surface area is 99.2 Å². The van der Waals surface area contributed by atoms with E-state index in [-0.39, 0.29) is 17.9 Å². The molecule has 0 fully saturated rings. The van der Waals surface area contributed by atoms with Crippen molar-refractivity contribution in [2.75, 3.05) is 25.6 Å². The van der Waals surface area contributed by atoms with Gasteiger partial charge in [0.05, 0.1) is 5.75 Å². The zero-order chi connectivity index (χ0) is 13.1. The summed E-state index contributed by atoms with van der Waals surface area (Å²) in [6.07, 6.45) is 2.28. The van der Waals surface area contributed by atoms with Crippen LogP contribution in [-0.4, -0.2) is 49.8 Å². The topological polar surface area (TPSA) is 67.3 Å². The number of amides is 1. The number of sulfone groups is 1. The minimum absolute atomic E-state index is 0.0710. The molecule has 0 aliphatic rings. The fraction of sp³-hybridized carbons (Fsp3) is 0.400. The van der Waals surface area contributed by atoms with Gasteiger partial charge in [-0.3, -0.25) is 4.79 Å². The van der Waals surface area contributed by atoms with Crippen LogP contribution in [0.1, 0.15) is 10.4 Å². The lowest BCUT2D eigenvalue weighted by Crippen LogP contribution is -2.31. The average molecular weight is 260 g/mol. The predicted molar refractivity (Wildman–Crippen MR) is 60.9 cm³/mol. The van der Waals surface area contributed by atoms with Crippen molar-refractivity contribution in [1.82, 2.24) is 9.88 Å². The smallest absolute Gasteiger partial charge is 0.253 e. The molecule has 1 heterocycles. The first kappa shape index (κ1) is 13.6. The minimum Gasteiger partial charge on any atom is -0.341 e. The van der Waals surface area contributed by atoms with Crippen molar-refractivity contribution < 1.29 is 17.6 Å². The molecule has 1 rings (SSSR count). The number of carbonyl (C=O) groups excluding carboxylic acids is 1. The minimum atomic E-state index is -3.12. The molecule has 94 valence electrons. The number of hydrogen-bond donors (Lipinski definition) is 0. The van der Waals surface area contributed by atoms with Gasteiger partial charge < -0.3 is 4.90 Å². The van der Waals surface area contributed by atoms with Crippen molar-refractivity contribution in [3.63, 3.8) is 0 Å². The standard InChI is InChI=1S/C10H13FN2O3S/c1-13(5-6-17(2,15)16)10(14)8-3-4-12-9(11)7-8/h3-4,7H,5-6H2,1-2H3. The van der Waals surface area contributed by atoms with Crippen LogP contribution >= 0.6 is 0 Å². The monoisotopic (exact) mass is 260 g/mol. The van der Waals surface area contributed by atoms with Crippen LogP contribution in [0.5, 0.6) is 0 Å². The predicted octanol–water partition coefficient (Wildman–Crippen LogP) is 0.337. The molecule has 0 spiro atoms. The van der Waals surface area contributed by atoms with Crippen molar-refractivity contribution in [2.24, 2.45) is 0 Å². The maximum Gasteiger partial charge on any atom is 0.253 e. The number of pyridine rings is 1. The molecule has 0 saturated heterocycles. The second-order valence-corrected chi connectivity index (χ2v) is 5.98. The van der Waals surface area contributed by atoms with Gasteiger partial charge in [0.2, 0.25) is 5.95 Å². The number of hydrogen-bond acceptors (Lipinski definition) is 4. The summed E-state index contributed by atoms with van der Waals surface area (Å²) in [5.74, 6) is -1.30. The van der Waals surface area contributed by atoms with Crippen LogP contribution in [-0.2, 0) is 9.84 Å². The van der Waals surface area contributed by atoms with Gasteiger partial charge in [0.15, 0.2) is 0 Å². The van der Waals surface area contributed by atoms with E-state index in [1.165, 1.54) is 24.2 Å². The third-order valence-electron chi connectivity index (χ3n) is 2.12. The van der Waals surface area contributed by atoms with E-state index >= 15 is 0 Å². The highest BCUT2D eigenvalue weighted by Gasteiger charge is 2.14. The third-order valence-corrected chi connectivity index (χ3v) is 3.04. The zero-order valence-corrected chi connectivity index (χ0v) is 10.4. The molecule has 0 aromatic carbocycles. The van der Waals surface area contributed by atoms with Gasteiger partial charge in [0.25, 0.3) is 5.91 Å². The zero-order valence-electron chi connectivity index (χ0n) is 9.55. The number of nitrogens with zero attached hydrogens (tertiary/aromatic N) is 2. The highest BCUT2D eigenvalue weighted by atomic mass is 32.2. The van der Waals surface area contributed by atoms with Gasteiger partial charge >= 0.3 is 0 Å². The summed E-state index contributed by atoms with van der Waals surface area (Å²) in [5.41, 5.74) is 0.147. The lowest BCUT2D eigenvalue weighted by molar-refractivity contribution is 0.0802. The number of carbonyl (C=O) groups is 1. The lowest BCUT2D eigenvalue weighted by atomic mass is 10.2. The molecule has 1 aromatic heterocycles. The highest BCUT2D eigenvalue weighted by molar-refractivity contribution is 7.90. The van der Waals surface area contributed by atoms with E-state index in [1.54, 1.807) is 0 Å². The molecule has 0 bridgehead atoms. The maximum atomic E-state index is 12.8.